The second-order valence-electron chi connectivity index (χ2n) is 5.53. The average Bonchev–Trinajstić information content (AvgIpc) is 2.77. The zero-order chi connectivity index (χ0) is 14.9. The van der Waals surface area contributed by atoms with E-state index in [0.29, 0.717) is 6.42 Å². The molecular weight excluding hydrogens is 262 g/mol. The third-order valence-corrected chi connectivity index (χ3v) is 3.83. The number of nitrogens with one attached hydrogen (secondary N) is 1. The van der Waals surface area contributed by atoms with Gasteiger partial charge in [0.1, 0.15) is 0 Å². The number of anilines is 1. The third-order valence-electron chi connectivity index (χ3n) is 3.83. The second kappa shape index (κ2) is 8.49. The summed E-state index contributed by atoms with van der Waals surface area (Å²) in [6.07, 6.45) is 7.29. The van der Waals surface area contributed by atoms with Crippen LogP contribution in [0.5, 0.6) is 0 Å². The number of benzene rings is 1. The van der Waals surface area contributed by atoms with Crippen LogP contribution in [0.2, 0.25) is 0 Å². The van der Waals surface area contributed by atoms with Crippen molar-refractivity contribution >= 4 is 11.6 Å². The summed E-state index contributed by atoms with van der Waals surface area (Å²) in [5, 5.41) is 11.7. The molecule has 3 heteroatoms. The van der Waals surface area contributed by atoms with Crippen molar-refractivity contribution in [1.29, 1.82) is 0 Å². The van der Waals surface area contributed by atoms with Gasteiger partial charge >= 0.3 is 0 Å². The zero-order valence-corrected chi connectivity index (χ0v) is 12.4. The lowest BCUT2D eigenvalue weighted by Crippen LogP contribution is -2.22. The zero-order valence-electron chi connectivity index (χ0n) is 12.4. The Kier molecular flexibility index (Phi) is 6.30. The highest BCUT2D eigenvalue weighted by atomic mass is 16.2. The van der Waals surface area contributed by atoms with E-state index in [-0.39, 0.29) is 18.4 Å². The van der Waals surface area contributed by atoms with Gasteiger partial charge in [0.15, 0.2) is 0 Å². The molecule has 0 aliphatic heterocycles. The van der Waals surface area contributed by atoms with Crippen molar-refractivity contribution in [3.05, 3.63) is 29.8 Å². The molecule has 0 saturated heterocycles. The maximum atomic E-state index is 12.3. The molecule has 0 heterocycles. The summed E-state index contributed by atoms with van der Waals surface area (Å²) in [5.74, 6) is 6.16. The minimum Gasteiger partial charge on any atom is -0.395 e. The Labute approximate surface area is 126 Å². The van der Waals surface area contributed by atoms with Crippen LogP contribution in [0.15, 0.2) is 24.3 Å². The first-order valence-electron chi connectivity index (χ1n) is 7.80. The van der Waals surface area contributed by atoms with Gasteiger partial charge in [-0.3, -0.25) is 4.79 Å². The first kappa shape index (κ1) is 15.6. The molecule has 1 fully saturated rings. The van der Waals surface area contributed by atoms with E-state index in [9.17, 15) is 4.79 Å². The van der Waals surface area contributed by atoms with Gasteiger partial charge in [-0.2, -0.15) is 0 Å². The van der Waals surface area contributed by atoms with Crippen LogP contribution in [-0.4, -0.2) is 17.6 Å². The van der Waals surface area contributed by atoms with Crippen LogP contribution in [0.1, 0.15) is 50.5 Å². The Morgan fingerprint density at radius 1 is 1.24 bits per heavy atom. The van der Waals surface area contributed by atoms with Crippen LogP contribution < -0.4 is 5.32 Å². The molecule has 3 nitrogen and oxygen atoms in total. The van der Waals surface area contributed by atoms with Crippen molar-refractivity contribution in [2.75, 3.05) is 11.9 Å². The van der Waals surface area contributed by atoms with E-state index in [1.165, 1.54) is 12.8 Å². The first-order chi connectivity index (χ1) is 10.3. The molecule has 0 atom stereocenters. The van der Waals surface area contributed by atoms with Crippen LogP contribution in [-0.2, 0) is 4.79 Å². The van der Waals surface area contributed by atoms with Crippen molar-refractivity contribution in [2.45, 2.75) is 44.9 Å². The lowest BCUT2D eigenvalue weighted by Gasteiger charge is -2.14. The number of hydrogen-bond acceptors (Lipinski definition) is 2. The fraction of sp³-hybridized carbons (Fsp3) is 0.500. The van der Waals surface area contributed by atoms with E-state index >= 15 is 0 Å². The van der Waals surface area contributed by atoms with Gasteiger partial charge in [-0.05, 0) is 31.0 Å². The third kappa shape index (κ3) is 5.24. The number of aliphatic hydroxyl groups is 1. The molecule has 1 amide bonds. The minimum absolute atomic E-state index is 0.0745. The Bertz CT molecular complexity index is 520. The van der Waals surface area contributed by atoms with Crippen LogP contribution in [0, 0.1) is 17.8 Å². The standard InChI is InChI=1S/C18H23NO2/c20-13-6-5-8-15-9-7-12-17(14-15)19-18(21)16-10-3-1-2-4-11-16/h7,9,12,14,16,20H,1-4,6,10-11,13H2,(H,19,21). The number of carbonyl (C=O) groups is 1. The Morgan fingerprint density at radius 2 is 2.00 bits per heavy atom. The largest absolute Gasteiger partial charge is 0.395 e. The predicted octanol–water partition coefficient (Wildman–Crippen LogP) is 3.33. The molecule has 1 aliphatic carbocycles. The van der Waals surface area contributed by atoms with E-state index in [0.717, 1.165) is 36.9 Å². The summed E-state index contributed by atoms with van der Waals surface area (Å²) < 4.78 is 0. The number of carbonyl (C=O) groups excluding carboxylic acids is 1. The summed E-state index contributed by atoms with van der Waals surface area (Å²) in [6.45, 7) is 0.0745. The highest BCUT2D eigenvalue weighted by molar-refractivity contribution is 5.92. The van der Waals surface area contributed by atoms with Gasteiger partial charge in [0, 0.05) is 23.6 Å². The molecule has 0 aromatic heterocycles. The van der Waals surface area contributed by atoms with Crippen molar-refractivity contribution in [1.82, 2.24) is 0 Å². The van der Waals surface area contributed by atoms with Crippen molar-refractivity contribution in [2.24, 2.45) is 5.92 Å². The van der Waals surface area contributed by atoms with E-state index in [1.54, 1.807) is 0 Å². The molecule has 112 valence electrons. The summed E-state index contributed by atoms with van der Waals surface area (Å²) in [6, 6.07) is 7.59. The number of aliphatic hydroxyl groups excluding tert-OH is 1. The summed E-state index contributed by atoms with van der Waals surface area (Å²) in [4.78, 5) is 12.3. The smallest absolute Gasteiger partial charge is 0.227 e. The summed E-state index contributed by atoms with van der Waals surface area (Å²) >= 11 is 0. The molecule has 21 heavy (non-hydrogen) atoms. The normalized spacial score (nSPS) is 15.7. The number of amides is 1. The highest BCUT2D eigenvalue weighted by Crippen LogP contribution is 2.24. The van der Waals surface area contributed by atoms with Crippen molar-refractivity contribution in [3.8, 4) is 11.8 Å². The van der Waals surface area contributed by atoms with Crippen molar-refractivity contribution < 1.29 is 9.90 Å². The molecule has 1 aromatic carbocycles. The maximum absolute atomic E-state index is 12.3. The van der Waals surface area contributed by atoms with Crippen LogP contribution in [0.3, 0.4) is 0 Å². The van der Waals surface area contributed by atoms with Crippen LogP contribution in [0.4, 0.5) is 5.69 Å². The van der Waals surface area contributed by atoms with Crippen LogP contribution >= 0.6 is 0 Å². The highest BCUT2D eigenvalue weighted by Gasteiger charge is 2.19. The molecule has 0 radical (unpaired) electrons. The van der Waals surface area contributed by atoms with Gasteiger partial charge in [0.05, 0.1) is 6.61 Å². The lowest BCUT2D eigenvalue weighted by molar-refractivity contribution is -0.120. The maximum Gasteiger partial charge on any atom is 0.227 e. The Morgan fingerprint density at radius 3 is 2.71 bits per heavy atom. The SMILES string of the molecule is O=C(Nc1cccc(C#CCCO)c1)C1CCCCCC1. The van der Waals surface area contributed by atoms with Gasteiger partial charge in [-0.1, -0.05) is 43.6 Å². The van der Waals surface area contributed by atoms with Crippen molar-refractivity contribution in [3.63, 3.8) is 0 Å². The summed E-state index contributed by atoms with van der Waals surface area (Å²) in [7, 11) is 0. The molecular formula is C18H23NO2. The molecule has 1 saturated carbocycles. The number of rotatable bonds is 3. The molecule has 0 spiro atoms. The number of hydrogen-bond donors (Lipinski definition) is 2. The first-order valence-corrected chi connectivity index (χ1v) is 7.80. The predicted molar refractivity (Wildman–Crippen MR) is 84.8 cm³/mol. The van der Waals surface area contributed by atoms with Crippen LogP contribution in [0.25, 0.3) is 0 Å². The fourth-order valence-corrected chi connectivity index (χ4v) is 2.68. The van der Waals surface area contributed by atoms with E-state index < -0.39 is 0 Å². The average molecular weight is 285 g/mol. The summed E-state index contributed by atoms with van der Waals surface area (Å²) in [5.41, 5.74) is 1.67. The fourth-order valence-electron chi connectivity index (χ4n) is 2.68. The van der Waals surface area contributed by atoms with Gasteiger partial charge in [0.2, 0.25) is 5.91 Å². The molecule has 1 aromatic rings. The second-order valence-corrected chi connectivity index (χ2v) is 5.53. The Balaban J connectivity index is 1.97. The monoisotopic (exact) mass is 285 g/mol. The van der Waals surface area contributed by atoms with Gasteiger partial charge < -0.3 is 10.4 Å². The molecule has 2 rings (SSSR count). The molecule has 0 unspecified atom stereocenters. The van der Waals surface area contributed by atoms with Gasteiger partial charge in [-0.15, -0.1) is 0 Å². The minimum atomic E-state index is 0.0745. The van der Waals surface area contributed by atoms with Gasteiger partial charge in [0.25, 0.3) is 0 Å². The molecule has 1 aliphatic rings. The lowest BCUT2D eigenvalue weighted by atomic mass is 9.99. The van der Waals surface area contributed by atoms with Gasteiger partial charge in [-0.25, -0.2) is 0 Å². The van der Waals surface area contributed by atoms with E-state index in [4.69, 9.17) is 5.11 Å². The molecule has 0 bridgehead atoms. The topological polar surface area (TPSA) is 49.3 Å². The quantitative estimate of drug-likeness (QED) is 0.661. The van der Waals surface area contributed by atoms with E-state index in [1.807, 2.05) is 24.3 Å². The Hall–Kier alpha value is -1.79. The van der Waals surface area contributed by atoms with E-state index in [2.05, 4.69) is 17.2 Å². The molecule has 2 N–H and O–H groups in total.